The van der Waals surface area contributed by atoms with E-state index >= 15 is 0 Å². The number of H-pyrrole nitrogens is 1. The Morgan fingerprint density at radius 1 is 1.02 bits per heavy atom. The van der Waals surface area contributed by atoms with Crippen molar-refractivity contribution in [1.29, 1.82) is 0 Å². The van der Waals surface area contributed by atoms with Crippen LogP contribution < -0.4 is 16.0 Å². The molecule has 1 aliphatic rings. The number of benzene rings is 1. The summed E-state index contributed by atoms with van der Waals surface area (Å²) in [4.78, 5) is 54.9. The van der Waals surface area contributed by atoms with Crippen molar-refractivity contribution in [3.63, 3.8) is 0 Å². The molecule has 244 valence electrons. The number of aliphatic hydroxyl groups is 1. The average Bonchev–Trinajstić information content (AvgIpc) is 3.36. The summed E-state index contributed by atoms with van der Waals surface area (Å²) in [6.07, 6.45) is 5.54. The Kier molecular flexibility index (Phi) is 12.6. The lowest BCUT2D eigenvalue weighted by atomic mass is 9.84. The summed E-state index contributed by atoms with van der Waals surface area (Å²) in [6.45, 7) is 8.98. The second-order valence-electron chi connectivity index (χ2n) is 13.2. The zero-order chi connectivity index (χ0) is 32.4. The van der Waals surface area contributed by atoms with E-state index in [-0.39, 0.29) is 18.3 Å². The lowest BCUT2D eigenvalue weighted by Gasteiger charge is -2.31. The molecule has 44 heavy (non-hydrogen) atoms. The van der Waals surface area contributed by atoms with E-state index < -0.39 is 60.1 Å². The third kappa shape index (κ3) is 10.5. The van der Waals surface area contributed by atoms with E-state index in [2.05, 4.69) is 20.9 Å². The number of aromatic amines is 1. The van der Waals surface area contributed by atoms with Crippen LogP contribution in [-0.2, 0) is 25.5 Å². The first-order valence-electron chi connectivity index (χ1n) is 15.8. The largest absolute Gasteiger partial charge is 0.481 e. The first-order valence-corrected chi connectivity index (χ1v) is 15.8. The Balaban J connectivity index is 1.81. The van der Waals surface area contributed by atoms with Gasteiger partial charge in [0.05, 0.1) is 18.6 Å². The van der Waals surface area contributed by atoms with E-state index in [1.807, 2.05) is 38.1 Å². The van der Waals surface area contributed by atoms with E-state index in [1.54, 1.807) is 27.0 Å². The number of fused-ring (bicyclic) bond motifs is 1. The number of para-hydroxylation sites is 1. The molecule has 0 saturated heterocycles. The predicted molar refractivity (Wildman–Crippen MR) is 168 cm³/mol. The van der Waals surface area contributed by atoms with Gasteiger partial charge in [-0.05, 0) is 57.1 Å². The van der Waals surface area contributed by atoms with Crippen LogP contribution in [0.25, 0.3) is 10.9 Å². The van der Waals surface area contributed by atoms with Crippen molar-refractivity contribution >= 4 is 34.8 Å². The minimum Gasteiger partial charge on any atom is -0.481 e. The van der Waals surface area contributed by atoms with Crippen LogP contribution in [0.1, 0.15) is 91.5 Å². The van der Waals surface area contributed by atoms with E-state index in [9.17, 15) is 29.4 Å². The lowest BCUT2D eigenvalue weighted by Crippen LogP contribution is -2.58. The van der Waals surface area contributed by atoms with Crippen molar-refractivity contribution < 1.29 is 34.1 Å². The molecule has 5 atom stereocenters. The zero-order valence-corrected chi connectivity index (χ0v) is 26.7. The number of ether oxygens (including phenoxy) is 1. The highest BCUT2D eigenvalue weighted by Gasteiger charge is 2.34. The predicted octanol–water partition coefficient (Wildman–Crippen LogP) is 4.43. The number of aromatic nitrogens is 1. The molecule has 0 aliphatic heterocycles. The van der Waals surface area contributed by atoms with Gasteiger partial charge in [0.2, 0.25) is 11.8 Å². The first-order chi connectivity index (χ1) is 20.8. The van der Waals surface area contributed by atoms with E-state index in [0.29, 0.717) is 12.8 Å². The number of aliphatic carboxylic acids is 1. The molecule has 1 aromatic carbocycles. The van der Waals surface area contributed by atoms with Crippen LogP contribution in [0.3, 0.4) is 0 Å². The molecule has 6 N–H and O–H groups in total. The summed E-state index contributed by atoms with van der Waals surface area (Å²) in [5, 5.41) is 29.6. The standard InChI is InChI=1S/C33H50N4O7/c1-6-20(2)29(37-30(41)26(16-21-12-8-7-9-13-21)36-32(43)44-33(3,4)5)31(42)35-25(27(38)18-28(39)40)17-22-19-34-24-15-11-10-14-23(22)24/h10-11,14-15,19-21,25-27,29,34,38H,6-9,12-13,16-18H2,1-5H3,(H,35,42)(H,36,43)(H,37,41)(H,39,40)/t20-,25-,26-,27-,29-/m0/s1. The summed E-state index contributed by atoms with van der Waals surface area (Å²) >= 11 is 0. The number of alkyl carbamates (subject to hydrolysis) is 1. The summed E-state index contributed by atoms with van der Waals surface area (Å²) < 4.78 is 5.43. The summed E-state index contributed by atoms with van der Waals surface area (Å²) in [6, 6.07) is 4.78. The van der Waals surface area contributed by atoms with Crippen molar-refractivity contribution in [1.82, 2.24) is 20.9 Å². The van der Waals surface area contributed by atoms with E-state index in [4.69, 9.17) is 4.74 Å². The highest BCUT2D eigenvalue weighted by Crippen LogP contribution is 2.28. The fourth-order valence-electron chi connectivity index (χ4n) is 5.81. The van der Waals surface area contributed by atoms with Gasteiger partial charge in [-0.25, -0.2) is 4.79 Å². The van der Waals surface area contributed by atoms with Crippen molar-refractivity contribution in [3.8, 4) is 0 Å². The fourth-order valence-corrected chi connectivity index (χ4v) is 5.81. The Labute approximate surface area is 259 Å². The molecule has 0 radical (unpaired) electrons. The van der Waals surface area contributed by atoms with Gasteiger partial charge in [0.1, 0.15) is 17.7 Å². The van der Waals surface area contributed by atoms with Crippen LogP contribution in [0.15, 0.2) is 30.5 Å². The third-order valence-corrected chi connectivity index (χ3v) is 8.39. The number of hydrogen-bond acceptors (Lipinski definition) is 6. The number of carboxylic acid groups (broad SMARTS) is 1. The van der Waals surface area contributed by atoms with Crippen molar-refractivity contribution in [2.75, 3.05) is 0 Å². The highest BCUT2D eigenvalue weighted by molar-refractivity contribution is 5.92. The van der Waals surface area contributed by atoms with Crippen molar-refractivity contribution in [2.45, 2.75) is 122 Å². The normalized spacial score (nSPS) is 17.6. The number of carbonyl (C=O) groups is 4. The minimum absolute atomic E-state index is 0.176. The van der Waals surface area contributed by atoms with Gasteiger partial charge >= 0.3 is 12.1 Å². The molecule has 0 bridgehead atoms. The van der Waals surface area contributed by atoms with Gasteiger partial charge < -0.3 is 35.9 Å². The molecule has 1 aliphatic carbocycles. The number of amides is 3. The third-order valence-electron chi connectivity index (χ3n) is 8.39. The Morgan fingerprint density at radius 2 is 1.70 bits per heavy atom. The number of rotatable bonds is 14. The molecule has 3 rings (SSSR count). The highest BCUT2D eigenvalue weighted by atomic mass is 16.6. The van der Waals surface area contributed by atoms with Gasteiger partial charge in [0, 0.05) is 17.1 Å². The molecule has 1 fully saturated rings. The summed E-state index contributed by atoms with van der Waals surface area (Å²) in [5.74, 6) is -2.24. The lowest BCUT2D eigenvalue weighted by molar-refractivity contribution is -0.140. The van der Waals surface area contributed by atoms with Crippen molar-refractivity contribution in [2.24, 2.45) is 11.8 Å². The smallest absolute Gasteiger partial charge is 0.408 e. The maximum absolute atomic E-state index is 13.8. The van der Waals surface area contributed by atoms with Crippen LogP contribution in [0.5, 0.6) is 0 Å². The van der Waals surface area contributed by atoms with Gasteiger partial charge in [-0.15, -0.1) is 0 Å². The van der Waals surface area contributed by atoms with Gasteiger partial charge in [0.25, 0.3) is 0 Å². The fraction of sp³-hybridized carbons (Fsp3) is 0.636. The summed E-state index contributed by atoms with van der Waals surface area (Å²) in [7, 11) is 0. The number of nitrogens with one attached hydrogen (secondary N) is 4. The number of hydrogen-bond donors (Lipinski definition) is 6. The van der Waals surface area contributed by atoms with Crippen LogP contribution in [-0.4, -0.2) is 68.9 Å². The number of aliphatic hydroxyl groups excluding tert-OH is 1. The van der Waals surface area contributed by atoms with Gasteiger partial charge in [-0.2, -0.15) is 0 Å². The molecule has 0 unspecified atom stereocenters. The number of carbonyl (C=O) groups excluding carboxylic acids is 3. The second kappa shape index (κ2) is 15.9. The number of carboxylic acids is 1. The molecule has 1 aromatic heterocycles. The van der Waals surface area contributed by atoms with Gasteiger partial charge in [-0.3, -0.25) is 14.4 Å². The van der Waals surface area contributed by atoms with Gasteiger partial charge in [-0.1, -0.05) is 70.6 Å². The first kappa shape index (κ1) is 34.9. The van der Waals surface area contributed by atoms with Crippen LogP contribution in [0.4, 0.5) is 4.79 Å². The molecule has 3 amide bonds. The Bertz CT molecular complexity index is 1260. The molecule has 11 nitrogen and oxygen atoms in total. The Hall–Kier alpha value is -3.60. The maximum atomic E-state index is 13.8. The van der Waals surface area contributed by atoms with Gasteiger partial charge in [0.15, 0.2) is 0 Å². The average molecular weight is 615 g/mol. The molecule has 0 spiro atoms. The van der Waals surface area contributed by atoms with E-state index in [1.165, 1.54) is 0 Å². The molecule has 11 heteroatoms. The monoisotopic (exact) mass is 614 g/mol. The van der Waals surface area contributed by atoms with E-state index in [0.717, 1.165) is 48.6 Å². The topological polar surface area (TPSA) is 170 Å². The zero-order valence-electron chi connectivity index (χ0n) is 26.7. The second-order valence-corrected chi connectivity index (χ2v) is 13.2. The minimum atomic E-state index is -1.37. The Morgan fingerprint density at radius 3 is 2.34 bits per heavy atom. The molecular weight excluding hydrogens is 564 g/mol. The molecular formula is C33H50N4O7. The quantitative estimate of drug-likeness (QED) is 0.183. The van der Waals surface area contributed by atoms with Crippen LogP contribution in [0, 0.1) is 11.8 Å². The molecule has 2 aromatic rings. The van der Waals surface area contributed by atoms with Crippen molar-refractivity contribution in [3.05, 3.63) is 36.0 Å². The van der Waals surface area contributed by atoms with Crippen LogP contribution in [0.2, 0.25) is 0 Å². The maximum Gasteiger partial charge on any atom is 0.408 e. The van der Waals surface area contributed by atoms with Crippen LogP contribution >= 0.6 is 0 Å². The summed E-state index contributed by atoms with van der Waals surface area (Å²) in [5.41, 5.74) is 0.950. The SMILES string of the molecule is CC[C@H](C)[C@H](NC(=O)[C@H](CC1CCCCC1)NC(=O)OC(C)(C)C)C(=O)N[C@@H](Cc1c[nH]c2ccccc12)[C@@H](O)CC(=O)O. The molecule has 1 saturated carbocycles. The molecule has 1 heterocycles.